The molecule has 2 heteroatoms. The molecule has 16 heavy (non-hydrogen) atoms. The lowest BCUT2D eigenvalue weighted by Gasteiger charge is -2.32. The molecule has 0 radical (unpaired) electrons. The van der Waals surface area contributed by atoms with E-state index in [0.29, 0.717) is 6.04 Å². The average molecular weight is 220 g/mol. The smallest absolute Gasteiger partial charge is 0.0412 e. The van der Waals surface area contributed by atoms with Crippen molar-refractivity contribution in [3.8, 4) is 0 Å². The molecular formula is C14H24N2. The van der Waals surface area contributed by atoms with Crippen molar-refractivity contribution in [2.24, 2.45) is 5.73 Å². The molecule has 0 heterocycles. The normalized spacial score (nSPS) is 12.5. The fourth-order valence-corrected chi connectivity index (χ4v) is 2.12. The fourth-order valence-electron chi connectivity index (χ4n) is 2.12. The predicted molar refractivity (Wildman–Crippen MR) is 71.9 cm³/mol. The van der Waals surface area contributed by atoms with Gasteiger partial charge in [-0.1, -0.05) is 31.0 Å². The molecule has 0 bridgehead atoms. The summed E-state index contributed by atoms with van der Waals surface area (Å²) >= 11 is 0. The maximum absolute atomic E-state index is 5.86. The maximum atomic E-state index is 5.86. The molecule has 0 fully saturated rings. The van der Waals surface area contributed by atoms with Crippen LogP contribution >= 0.6 is 0 Å². The van der Waals surface area contributed by atoms with E-state index < -0.39 is 0 Å². The van der Waals surface area contributed by atoms with Crippen molar-refractivity contribution in [3.63, 3.8) is 0 Å². The standard InChI is InChI=1S/C14H24N2/c1-4-6-14(11-15)16(5-2)13-9-7-12(3)8-10-13/h7-10,14H,4-6,11,15H2,1-3H3. The van der Waals surface area contributed by atoms with Gasteiger partial charge >= 0.3 is 0 Å². The molecule has 0 aliphatic rings. The van der Waals surface area contributed by atoms with Crippen molar-refractivity contribution in [3.05, 3.63) is 29.8 Å². The summed E-state index contributed by atoms with van der Waals surface area (Å²) in [5.41, 5.74) is 8.45. The number of hydrogen-bond donors (Lipinski definition) is 1. The third kappa shape index (κ3) is 3.24. The van der Waals surface area contributed by atoms with Crippen LogP contribution in [0.4, 0.5) is 5.69 Å². The molecule has 0 saturated heterocycles. The quantitative estimate of drug-likeness (QED) is 0.798. The number of hydrogen-bond acceptors (Lipinski definition) is 2. The number of anilines is 1. The van der Waals surface area contributed by atoms with Gasteiger partial charge in [-0.25, -0.2) is 0 Å². The van der Waals surface area contributed by atoms with Gasteiger partial charge in [0.25, 0.3) is 0 Å². The van der Waals surface area contributed by atoms with Gasteiger partial charge in [0.05, 0.1) is 0 Å². The Morgan fingerprint density at radius 2 is 1.81 bits per heavy atom. The number of rotatable bonds is 6. The van der Waals surface area contributed by atoms with E-state index in [1.165, 1.54) is 17.7 Å². The number of aryl methyl sites for hydroxylation is 1. The SMILES string of the molecule is CCCC(CN)N(CC)c1ccc(C)cc1. The Hall–Kier alpha value is -1.02. The van der Waals surface area contributed by atoms with Gasteiger partial charge in [-0.3, -0.25) is 0 Å². The first-order valence-corrected chi connectivity index (χ1v) is 6.26. The van der Waals surface area contributed by atoms with Crippen molar-refractivity contribution in [1.82, 2.24) is 0 Å². The van der Waals surface area contributed by atoms with Gasteiger partial charge in [0, 0.05) is 24.8 Å². The average Bonchev–Trinajstić information content (AvgIpc) is 2.31. The van der Waals surface area contributed by atoms with Crippen LogP contribution in [-0.2, 0) is 0 Å². The molecule has 0 aliphatic heterocycles. The number of benzene rings is 1. The molecule has 0 saturated carbocycles. The van der Waals surface area contributed by atoms with Crippen molar-refractivity contribution in [2.75, 3.05) is 18.0 Å². The zero-order valence-electron chi connectivity index (χ0n) is 10.7. The molecular weight excluding hydrogens is 196 g/mol. The molecule has 0 aromatic heterocycles. The lowest BCUT2D eigenvalue weighted by molar-refractivity contribution is 0.558. The second-order valence-electron chi connectivity index (χ2n) is 4.30. The largest absolute Gasteiger partial charge is 0.368 e. The van der Waals surface area contributed by atoms with Crippen molar-refractivity contribution in [1.29, 1.82) is 0 Å². The Labute approximate surface area is 99.5 Å². The van der Waals surface area contributed by atoms with Crippen LogP contribution < -0.4 is 10.6 Å². The second-order valence-corrected chi connectivity index (χ2v) is 4.30. The highest BCUT2D eigenvalue weighted by molar-refractivity contribution is 5.48. The van der Waals surface area contributed by atoms with Gasteiger partial charge in [-0.2, -0.15) is 0 Å². The third-order valence-corrected chi connectivity index (χ3v) is 3.04. The molecule has 0 spiro atoms. The van der Waals surface area contributed by atoms with E-state index in [1.807, 2.05) is 0 Å². The van der Waals surface area contributed by atoms with Gasteiger partial charge < -0.3 is 10.6 Å². The van der Waals surface area contributed by atoms with E-state index in [2.05, 4.69) is 49.9 Å². The molecule has 0 aliphatic carbocycles. The van der Waals surface area contributed by atoms with Crippen molar-refractivity contribution < 1.29 is 0 Å². The van der Waals surface area contributed by atoms with E-state index in [0.717, 1.165) is 19.5 Å². The Morgan fingerprint density at radius 1 is 1.19 bits per heavy atom. The molecule has 1 rings (SSSR count). The van der Waals surface area contributed by atoms with E-state index in [9.17, 15) is 0 Å². The third-order valence-electron chi connectivity index (χ3n) is 3.04. The minimum absolute atomic E-state index is 0.470. The molecule has 0 amide bonds. The monoisotopic (exact) mass is 220 g/mol. The predicted octanol–water partition coefficient (Wildman–Crippen LogP) is 2.95. The van der Waals surface area contributed by atoms with Gasteiger partial charge in [0.1, 0.15) is 0 Å². The zero-order chi connectivity index (χ0) is 12.0. The zero-order valence-corrected chi connectivity index (χ0v) is 10.7. The highest BCUT2D eigenvalue weighted by Crippen LogP contribution is 2.19. The Kier molecular flexibility index (Phi) is 5.33. The van der Waals surface area contributed by atoms with Crippen LogP contribution in [0.5, 0.6) is 0 Å². The lowest BCUT2D eigenvalue weighted by atomic mass is 10.1. The number of likely N-dealkylation sites (N-methyl/N-ethyl adjacent to an activating group) is 1. The van der Waals surface area contributed by atoms with Crippen molar-refractivity contribution >= 4 is 5.69 Å². The molecule has 1 aromatic rings. The molecule has 2 N–H and O–H groups in total. The summed E-state index contributed by atoms with van der Waals surface area (Å²) in [6.45, 7) is 8.27. The first-order chi connectivity index (χ1) is 7.72. The summed E-state index contributed by atoms with van der Waals surface area (Å²) in [5.74, 6) is 0. The Bertz CT molecular complexity index is 292. The fraction of sp³-hybridized carbons (Fsp3) is 0.571. The minimum Gasteiger partial charge on any atom is -0.368 e. The Morgan fingerprint density at radius 3 is 2.25 bits per heavy atom. The molecule has 90 valence electrons. The van der Waals surface area contributed by atoms with Gasteiger partial charge in [0.2, 0.25) is 0 Å². The molecule has 1 unspecified atom stereocenters. The van der Waals surface area contributed by atoms with E-state index in [1.54, 1.807) is 0 Å². The molecule has 1 atom stereocenters. The molecule has 1 aromatic carbocycles. The van der Waals surface area contributed by atoms with E-state index >= 15 is 0 Å². The summed E-state index contributed by atoms with van der Waals surface area (Å²) in [4.78, 5) is 2.41. The minimum atomic E-state index is 0.470. The first-order valence-electron chi connectivity index (χ1n) is 6.26. The van der Waals surface area contributed by atoms with E-state index in [4.69, 9.17) is 5.73 Å². The summed E-state index contributed by atoms with van der Waals surface area (Å²) in [6.07, 6.45) is 2.35. The second kappa shape index (κ2) is 6.54. The van der Waals surface area contributed by atoms with E-state index in [-0.39, 0.29) is 0 Å². The first kappa shape index (κ1) is 13.0. The van der Waals surface area contributed by atoms with Gasteiger partial charge in [-0.15, -0.1) is 0 Å². The number of nitrogens with zero attached hydrogens (tertiary/aromatic N) is 1. The molecule has 2 nitrogen and oxygen atoms in total. The van der Waals surface area contributed by atoms with Crippen LogP contribution in [0.2, 0.25) is 0 Å². The highest BCUT2D eigenvalue weighted by atomic mass is 15.2. The van der Waals surface area contributed by atoms with Crippen LogP contribution in [0, 0.1) is 6.92 Å². The van der Waals surface area contributed by atoms with Crippen LogP contribution in [0.25, 0.3) is 0 Å². The summed E-state index contributed by atoms with van der Waals surface area (Å²) < 4.78 is 0. The Balaban J connectivity index is 2.83. The van der Waals surface area contributed by atoms with Crippen LogP contribution in [-0.4, -0.2) is 19.1 Å². The maximum Gasteiger partial charge on any atom is 0.0412 e. The highest BCUT2D eigenvalue weighted by Gasteiger charge is 2.14. The summed E-state index contributed by atoms with van der Waals surface area (Å²) in [5, 5.41) is 0. The van der Waals surface area contributed by atoms with Crippen LogP contribution in [0.1, 0.15) is 32.3 Å². The number of nitrogens with two attached hydrogens (primary N) is 1. The lowest BCUT2D eigenvalue weighted by Crippen LogP contribution is -2.40. The topological polar surface area (TPSA) is 29.3 Å². The van der Waals surface area contributed by atoms with Crippen LogP contribution in [0.15, 0.2) is 24.3 Å². The summed E-state index contributed by atoms with van der Waals surface area (Å²) in [7, 11) is 0. The van der Waals surface area contributed by atoms with Gasteiger partial charge in [0.15, 0.2) is 0 Å². The summed E-state index contributed by atoms with van der Waals surface area (Å²) in [6, 6.07) is 9.18. The van der Waals surface area contributed by atoms with Gasteiger partial charge in [-0.05, 0) is 32.4 Å². The van der Waals surface area contributed by atoms with Crippen molar-refractivity contribution in [2.45, 2.75) is 39.7 Å². The van der Waals surface area contributed by atoms with Crippen LogP contribution in [0.3, 0.4) is 0 Å².